The molecule has 9 heteroatoms. The van der Waals surface area contributed by atoms with E-state index in [2.05, 4.69) is 15.0 Å². The zero-order valence-electron chi connectivity index (χ0n) is 16.1. The second kappa shape index (κ2) is 9.39. The highest BCUT2D eigenvalue weighted by Crippen LogP contribution is 2.17. The molecule has 0 bridgehead atoms. The van der Waals surface area contributed by atoms with Gasteiger partial charge in [-0.1, -0.05) is 29.8 Å². The molecule has 2 N–H and O–H groups in total. The second-order valence-corrected chi connectivity index (χ2v) is 9.03. The number of halogens is 1. The van der Waals surface area contributed by atoms with Crippen LogP contribution >= 0.6 is 11.6 Å². The number of amides is 1. The monoisotopic (exact) mass is 434 g/mol. The summed E-state index contributed by atoms with van der Waals surface area (Å²) in [6, 6.07) is 13.6. The molecule has 1 aliphatic rings. The zero-order valence-corrected chi connectivity index (χ0v) is 17.6. The fraction of sp³-hybridized carbons (Fsp3) is 0.300. The maximum absolute atomic E-state index is 12.5. The highest BCUT2D eigenvalue weighted by Gasteiger charge is 2.19. The lowest BCUT2D eigenvalue weighted by Gasteiger charge is -2.16. The van der Waals surface area contributed by atoms with Crippen LogP contribution in [0, 0.1) is 0 Å². The first kappa shape index (κ1) is 21.3. The number of carbonyl (C=O) groups is 1. The molecule has 7 nitrogen and oxygen atoms in total. The van der Waals surface area contributed by atoms with Crippen LogP contribution in [0.3, 0.4) is 0 Å². The summed E-state index contributed by atoms with van der Waals surface area (Å²) in [7, 11) is -1.89. The van der Waals surface area contributed by atoms with Gasteiger partial charge in [-0.25, -0.2) is 8.42 Å². The quantitative estimate of drug-likeness (QED) is 0.701. The SMILES string of the molecule is CN(CC(=O)Nc1cccc(S(=O)(=O)NC2=NCCC2)c1)Cc1ccc(Cl)cc1. The Morgan fingerprint density at radius 3 is 2.66 bits per heavy atom. The lowest BCUT2D eigenvalue weighted by atomic mass is 10.2. The Hall–Kier alpha value is -2.42. The van der Waals surface area contributed by atoms with Gasteiger partial charge >= 0.3 is 0 Å². The minimum Gasteiger partial charge on any atom is -0.325 e. The van der Waals surface area contributed by atoms with Gasteiger partial charge in [-0.2, -0.15) is 0 Å². The molecule has 0 aliphatic carbocycles. The maximum atomic E-state index is 12.5. The van der Waals surface area contributed by atoms with Gasteiger partial charge in [-0.05, 0) is 49.4 Å². The molecule has 0 unspecified atom stereocenters. The summed E-state index contributed by atoms with van der Waals surface area (Å²) in [6.07, 6.45) is 1.47. The van der Waals surface area contributed by atoms with Gasteiger partial charge in [-0.3, -0.25) is 19.4 Å². The Labute approximate surface area is 175 Å². The molecule has 1 aliphatic heterocycles. The summed E-state index contributed by atoms with van der Waals surface area (Å²) in [5.74, 6) is 0.243. The van der Waals surface area contributed by atoms with Gasteiger partial charge in [0.05, 0.1) is 11.4 Å². The van der Waals surface area contributed by atoms with Crippen molar-refractivity contribution in [1.29, 1.82) is 0 Å². The number of hydrogen-bond donors (Lipinski definition) is 2. The minimum atomic E-state index is -3.72. The molecule has 29 heavy (non-hydrogen) atoms. The topological polar surface area (TPSA) is 90.9 Å². The van der Waals surface area contributed by atoms with E-state index in [1.54, 1.807) is 12.1 Å². The van der Waals surface area contributed by atoms with Crippen molar-refractivity contribution in [3.63, 3.8) is 0 Å². The average molecular weight is 435 g/mol. The molecule has 2 aromatic carbocycles. The molecular formula is C20H23ClN4O3S. The molecule has 0 saturated heterocycles. The van der Waals surface area contributed by atoms with Crippen LogP contribution in [-0.2, 0) is 21.4 Å². The molecule has 0 radical (unpaired) electrons. The van der Waals surface area contributed by atoms with Crippen molar-refractivity contribution in [3.05, 3.63) is 59.1 Å². The van der Waals surface area contributed by atoms with Gasteiger partial charge in [0.2, 0.25) is 5.91 Å². The molecular weight excluding hydrogens is 412 g/mol. The summed E-state index contributed by atoms with van der Waals surface area (Å²) >= 11 is 5.88. The first-order valence-corrected chi connectivity index (χ1v) is 11.1. The molecule has 0 aromatic heterocycles. The average Bonchev–Trinajstić information content (AvgIpc) is 3.16. The van der Waals surface area contributed by atoms with Gasteiger partial charge < -0.3 is 5.32 Å². The van der Waals surface area contributed by atoms with Gasteiger partial charge in [-0.15, -0.1) is 0 Å². The third-order valence-electron chi connectivity index (χ3n) is 4.33. The third-order valence-corrected chi connectivity index (χ3v) is 5.96. The standard InChI is InChI=1S/C20H23ClN4O3S/c1-25(13-15-7-9-16(21)10-8-15)14-20(26)23-17-4-2-5-18(12-17)29(27,28)24-19-6-3-11-22-19/h2,4-5,7-10,12H,3,6,11,13-14H2,1H3,(H,22,24)(H,23,26). The number of nitrogens with one attached hydrogen (secondary N) is 2. The van der Waals surface area contributed by atoms with Gasteiger partial charge in [0.25, 0.3) is 10.0 Å². The Kier molecular flexibility index (Phi) is 6.89. The van der Waals surface area contributed by atoms with Crippen LogP contribution in [0.2, 0.25) is 5.02 Å². The smallest absolute Gasteiger partial charge is 0.262 e. The van der Waals surface area contributed by atoms with E-state index in [4.69, 9.17) is 11.6 Å². The number of hydrogen-bond acceptors (Lipinski definition) is 5. The fourth-order valence-corrected chi connectivity index (χ4v) is 4.24. The van der Waals surface area contributed by atoms with E-state index in [1.165, 1.54) is 12.1 Å². The number of rotatable bonds is 7. The Balaban J connectivity index is 1.58. The number of benzene rings is 2. The fourth-order valence-electron chi connectivity index (χ4n) is 2.98. The number of carbonyl (C=O) groups excluding carboxylic acids is 1. The van der Waals surface area contributed by atoms with Crippen molar-refractivity contribution in [2.75, 3.05) is 25.5 Å². The van der Waals surface area contributed by atoms with Crippen LogP contribution in [-0.4, -0.2) is 45.2 Å². The molecule has 0 atom stereocenters. The summed E-state index contributed by atoms with van der Waals surface area (Å²) in [5, 5.41) is 3.41. The highest BCUT2D eigenvalue weighted by atomic mass is 35.5. The predicted molar refractivity (Wildman–Crippen MR) is 115 cm³/mol. The molecule has 0 fully saturated rings. The van der Waals surface area contributed by atoms with Gasteiger partial charge in [0, 0.05) is 30.2 Å². The first-order chi connectivity index (χ1) is 13.8. The van der Waals surface area contributed by atoms with Crippen molar-refractivity contribution in [2.45, 2.75) is 24.3 Å². The molecule has 3 rings (SSSR count). The third kappa shape index (κ3) is 6.28. The minimum absolute atomic E-state index is 0.0828. The zero-order chi connectivity index (χ0) is 20.9. The number of nitrogens with zero attached hydrogens (tertiary/aromatic N) is 2. The predicted octanol–water partition coefficient (Wildman–Crippen LogP) is 2.88. The Morgan fingerprint density at radius 2 is 1.97 bits per heavy atom. The van der Waals surface area contributed by atoms with E-state index in [-0.39, 0.29) is 17.3 Å². The highest BCUT2D eigenvalue weighted by molar-refractivity contribution is 7.90. The first-order valence-electron chi connectivity index (χ1n) is 9.21. The summed E-state index contributed by atoms with van der Waals surface area (Å²) < 4.78 is 27.5. The molecule has 0 saturated carbocycles. The van der Waals surface area contributed by atoms with Gasteiger partial charge in [0.1, 0.15) is 5.84 Å². The number of sulfonamides is 1. The van der Waals surface area contributed by atoms with E-state index in [1.807, 2.05) is 36.2 Å². The Morgan fingerprint density at radius 1 is 1.21 bits per heavy atom. The Bertz CT molecular complexity index is 1010. The molecule has 1 amide bonds. The lowest BCUT2D eigenvalue weighted by molar-refractivity contribution is -0.117. The van der Waals surface area contributed by atoms with Crippen molar-refractivity contribution < 1.29 is 13.2 Å². The summed E-state index contributed by atoms with van der Waals surface area (Å²) in [4.78, 5) is 18.4. The molecule has 154 valence electrons. The van der Waals surface area contributed by atoms with Gasteiger partial charge in [0.15, 0.2) is 0 Å². The molecule has 0 spiro atoms. The lowest BCUT2D eigenvalue weighted by Crippen LogP contribution is -2.30. The van der Waals surface area contributed by atoms with Crippen molar-refractivity contribution >= 4 is 39.1 Å². The van der Waals surface area contributed by atoms with Crippen LogP contribution in [0.1, 0.15) is 18.4 Å². The number of aliphatic imine (C=N–C) groups is 1. The van der Waals surface area contributed by atoms with Crippen LogP contribution in [0.25, 0.3) is 0 Å². The van der Waals surface area contributed by atoms with Crippen molar-refractivity contribution in [2.24, 2.45) is 4.99 Å². The normalized spacial score (nSPS) is 14.0. The van der Waals surface area contributed by atoms with E-state index in [0.717, 1.165) is 12.0 Å². The maximum Gasteiger partial charge on any atom is 0.262 e. The number of anilines is 1. The van der Waals surface area contributed by atoms with Crippen LogP contribution < -0.4 is 10.0 Å². The summed E-state index contributed by atoms with van der Waals surface area (Å²) in [5.41, 5.74) is 1.46. The number of likely N-dealkylation sites (N-methyl/N-ethyl adjacent to an activating group) is 1. The largest absolute Gasteiger partial charge is 0.325 e. The van der Waals surface area contributed by atoms with Crippen molar-refractivity contribution in [3.8, 4) is 0 Å². The van der Waals surface area contributed by atoms with E-state index in [0.29, 0.717) is 36.1 Å². The van der Waals surface area contributed by atoms with E-state index in [9.17, 15) is 13.2 Å². The number of amidine groups is 1. The van der Waals surface area contributed by atoms with Crippen LogP contribution in [0.5, 0.6) is 0 Å². The second-order valence-electron chi connectivity index (χ2n) is 6.91. The molecule has 2 aromatic rings. The molecule has 1 heterocycles. The van der Waals surface area contributed by atoms with E-state index >= 15 is 0 Å². The summed E-state index contributed by atoms with van der Waals surface area (Å²) in [6.45, 7) is 1.39. The van der Waals surface area contributed by atoms with E-state index < -0.39 is 10.0 Å². The van der Waals surface area contributed by atoms with Crippen LogP contribution in [0.4, 0.5) is 5.69 Å². The van der Waals surface area contributed by atoms with Crippen LogP contribution in [0.15, 0.2) is 58.4 Å². The van der Waals surface area contributed by atoms with Crippen molar-refractivity contribution in [1.82, 2.24) is 9.62 Å².